The van der Waals surface area contributed by atoms with E-state index in [2.05, 4.69) is 34.2 Å². The molecule has 1 aliphatic rings. The van der Waals surface area contributed by atoms with Crippen LogP contribution in [0, 0.1) is 0 Å². The molecule has 3 rings (SSSR count). The van der Waals surface area contributed by atoms with Gasteiger partial charge in [0.1, 0.15) is 0 Å². The molecule has 25 heavy (non-hydrogen) atoms. The summed E-state index contributed by atoms with van der Waals surface area (Å²) in [5.41, 5.74) is 2.46. The lowest BCUT2D eigenvalue weighted by Crippen LogP contribution is -2.46. The standard InChI is InChI=1S/C20H24ClN3O/c1-2-11-23-12-14-24(15-13-23)17-9-7-16(8-10-17)22-20(25)18-5-3-4-6-19(18)21/h3-10H,2,11-15H2,1H3,(H,22,25). The highest BCUT2D eigenvalue weighted by atomic mass is 35.5. The summed E-state index contributed by atoms with van der Waals surface area (Å²) >= 11 is 6.07. The molecule has 0 radical (unpaired) electrons. The zero-order valence-electron chi connectivity index (χ0n) is 14.5. The van der Waals surface area contributed by atoms with Crippen LogP contribution >= 0.6 is 11.6 Å². The topological polar surface area (TPSA) is 35.6 Å². The van der Waals surface area contributed by atoms with Crippen molar-refractivity contribution in [2.45, 2.75) is 13.3 Å². The van der Waals surface area contributed by atoms with E-state index in [9.17, 15) is 4.79 Å². The molecular weight excluding hydrogens is 334 g/mol. The van der Waals surface area contributed by atoms with Crippen LogP contribution in [-0.2, 0) is 0 Å². The van der Waals surface area contributed by atoms with Gasteiger partial charge in [0.15, 0.2) is 0 Å². The smallest absolute Gasteiger partial charge is 0.257 e. The molecule has 1 heterocycles. The van der Waals surface area contributed by atoms with Crippen LogP contribution in [-0.4, -0.2) is 43.5 Å². The maximum atomic E-state index is 12.3. The molecule has 0 saturated carbocycles. The maximum Gasteiger partial charge on any atom is 0.257 e. The minimum Gasteiger partial charge on any atom is -0.369 e. The van der Waals surface area contributed by atoms with E-state index in [0.29, 0.717) is 10.6 Å². The van der Waals surface area contributed by atoms with Crippen LogP contribution in [0.15, 0.2) is 48.5 Å². The number of carbonyl (C=O) groups excluding carboxylic acids is 1. The molecule has 1 saturated heterocycles. The molecule has 1 N–H and O–H groups in total. The van der Waals surface area contributed by atoms with E-state index in [1.54, 1.807) is 12.1 Å². The van der Waals surface area contributed by atoms with Crippen LogP contribution in [0.5, 0.6) is 0 Å². The number of hydrogen-bond acceptors (Lipinski definition) is 3. The van der Waals surface area contributed by atoms with Gasteiger partial charge < -0.3 is 10.2 Å². The number of hydrogen-bond donors (Lipinski definition) is 1. The summed E-state index contributed by atoms with van der Waals surface area (Å²) in [5, 5.41) is 3.36. The van der Waals surface area contributed by atoms with E-state index >= 15 is 0 Å². The normalized spacial score (nSPS) is 15.2. The number of piperazine rings is 1. The van der Waals surface area contributed by atoms with Gasteiger partial charge in [0.2, 0.25) is 0 Å². The van der Waals surface area contributed by atoms with Gasteiger partial charge in [-0.3, -0.25) is 9.69 Å². The summed E-state index contributed by atoms with van der Waals surface area (Å²) in [5.74, 6) is -0.188. The van der Waals surface area contributed by atoms with Gasteiger partial charge >= 0.3 is 0 Å². The van der Waals surface area contributed by atoms with E-state index in [4.69, 9.17) is 11.6 Å². The fourth-order valence-corrected chi connectivity index (χ4v) is 3.37. The molecule has 132 valence electrons. The Hall–Kier alpha value is -2.04. The molecule has 2 aromatic rings. The van der Waals surface area contributed by atoms with Gasteiger partial charge in [-0.25, -0.2) is 0 Å². The fraction of sp³-hybridized carbons (Fsp3) is 0.350. The summed E-state index contributed by atoms with van der Waals surface area (Å²) in [6, 6.07) is 15.1. The average Bonchev–Trinajstić information content (AvgIpc) is 2.64. The first-order valence-corrected chi connectivity index (χ1v) is 9.18. The number of nitrogens with one attached hydrogen (secondary N) is 1. The third kappa shape index (κ3) is 4.53. The van der Waals surface area contributed by atoms with Gasteiger partial charge in [-0.05, 0) is 49.4 Å². The first kappa shape index (κ1) is 17.8. The van der Waals surface area contributed by atoms with Crippen LogP contribution < -0.4 is 10.2 Å². The number of anilines is 2. The van der Waals surface area contributed by atoms with Gasteiger partial charge in [-0.2, -0.15) is 0 Å². The molecule has 1 fully saturated rings. The Balaban J connectivity index is 1.59. The molecule has 0 aliphatic carbocycles. The quantitative estimate of drug-likeness (QED) is 0.874. The summed E-state index contributed by atoms with van der Waals surface area (Å²) in [6.07, 6.45) is 1.21. The van der Waals surface area contributed by atoms with Crippen molar-refractivity contribution in [1.82, 2.24) is 4.90 Å². The lowest BCUT2D eigenvalue weighted by molar-refractivity contribution is 0.102. The largest absolute Gasteiger partial charge is 0.369 e. The third-order valence-corrected chi connectivity index (χ3v) is 4.85. The Morgan fingerprint density at radius 2 is 1.72 bits per heavy atom. The van der Waals surface area contributed by atoms with Crippen molar-refractivity contribution in [2.24, 2.45) is 0 Å². The third-order valence-electron chi connectivity index (χ3n) is 4.52. The second-order valence-electron chi connectivity index (χ2n) is 6.31. The molecule has 2 aromatic carbocycles. The van der Waals surface area contributed by atoms with E-state index in [1.807, 2.05) is 24.3 Å². The molecule has 1 aliphatic heterocycles. The lowest BCUT2D eigenvalue weighted by Gasteiger charge is -2.36. The molecule has 4 nitrogen and oxygen atoms in total. The van der Waals surface area contributed by atoms with Crippen LogP contribution in [0.25, 0.3) is 0 Å². The van der Waals surface area contributed by atoms with Crippen LogP contribution in [0.1, 0.15) is 23.7 Å². The highest BCUT2D eigenvalue weighted by molar-refractivity contribution is 6.34. The Morgan fingerprint density at radius 1 is 1.04 bits per heavy atom. The minimum atomic E-state index is -0.188. The monoisotopic (exact) mass is 357 g/mol. The molecule has 5 heteroatoms. The minimum absolute atomic E-state index is 0.188. The molecule has 1 amide bonds. The predicted molar refractivity (Wildman–Crippen MR) is 105 cm³/mol. The fourth-order valence-electron chi connectivity index (χ4n) is 3.15. The van der Waals surface area contributed by atoms with Crippen LogP contribution in [0.4, 0.5) is 11.4 Å². The van der Waals surface area contributed by atoms with Crippen molar-refractivity contribution in [1.29, 1.82) is 0 Å². The van der Waals surface area contributed by atoms with E-state index in [1.165, 1.54) is 18.7 Å². The molecule has 0 atom stereocenters. The molecule has 0 unspecified atom stereocenters. The lowest BCUT2D eigenvalue weighted by atomic mass is 10.2. The van der Waals surface area contributed by atoms with Crippen LogP contribution in [0.3, 0.4) is 0 Å². The zero-order valence-corrected chi connectivity index (χ0v) is 15.3. The SMILES string of the molecule is CCCN1CCN(c2ccc(NC(=O)c3ccccc3Cl)cc2)CC1. The van der Waals surface area contributed by atoms with Gasteiger partial charge in [0.25, 0.3) is 5.91 Å². The van der Waals surface area contributed by atoms with Crippen molar-refractivity contribution in [3.8, 4) is 0 Å². The first-order valence-electron chi connectivity index (χ1n) is 8.80. The van der Waals surface area contributed by atoms with E-state index in [-0.39, 0.29) is 5.91 Å². The summed E-state index contributed by atoms with van der Waals surface area (Å²) < 4.78 is 0. The molecular formula is C20H24ClN3O. The van der Waals surface area contributed by atoms with Gasteiger partial charge in [-0.1, -0.05) is 30.7 Å². The Bertz CT molecular complexity index is 709. The second-order valence-corrected chi connectivity index (χ2v) is 6.72. The number of rotatable bonds is 5. The van der Waals surface area contributed by atoms with E-state index in [0.717, 1.165) is 31.9 Å². The highest BCUT2D eigenvalue weighted by Gasteiger charge is 2.16. The number of benzene rings is 2. The number of carbonyl (C=O) groups is 1. The average molecular weight is 358 g/mol. The van der Waals surface area contributed by atoms with Crippen LogP contribution in [0.2, 0.25) is 5.02 Å². The first-order chi connectivity index (χ1) is 12.2. The Labute approximate surface area is 154 Å². The van der Waals surface area contributed by atoms with Gasteiger partial charge in [-0.15, -0.1) is 0 Å². The van der Waals surface area contributed by atoms with Crippen molar-refractivity contribution < 1.29 is 4.79 Å². The molecule has 0 aromatic heterocycles. The second kappa shape index (κ2) is 8.37. The molecule has 0 spiro atoms. The van der Waals surface area contributed by atoms with Crippen molar-refractivity contribution in [3.63, 3.8) is 0 Å². The van der Waals surface area contributed by atoms with Gasteiger partial charge in [0.05, 0.1) is 10.6 Å². The summed E-state index contributed by atoms with van der Waals surface area (Å²) in [7, 11) is 0. The number of nitrogens with zero attached hydrogens (tertiary/aromatic N) is 2. The van der Waals surface area contributed by atoms with Crippen molar-refractivity contribution in [3.05, 3.63) is 59.1 Å². The summed E-state index contributed by atoms with van der Waals surface area (Å²) in [6.45, 7) is 7.72. The number of halogens is 1. The highest BCUT2D eigenvalue weighted by Crippen LogP contribution is 2.21. The predicted octanol–water partition coefficient (Wildman–Crippen LogP) is 4.12. The van der Waals surface area contributed by atoms with Crippen molar-refractivity contribution in [2.75, 3.05) is 42.9 Å². The Morgan fingerprint density at radius 3 is 2.36 bits per heavy atom. The zero-order chi connectivity index (χ0) is 17.6. The summed E-state index contributed by atoms with van der Waals surface area (Å²) in [4.78, 5) is 17.2. The van der Waals surface area contributed by atoms with Gasteiger partial charge in [0, 0.05) is 37.6 Å². The van der Waals surface area contributed by atoms with Crippen molar-refractivity contribution >= 4 is 28.9 Å². The number of amides is 1. The Kier molecular flexibility index (Phi) is 5.95. The molecule has 0 bridgehead atoms. The van der Waals surface area contributed by atoms with E-state index < -0.39 is 0 Å². The maximum absolute atomic E-state index is 12.3.